The van der Waals surface area contributed by atoms with Crippen LogP contribution in [0.4, 0.5) is 5.69 Å². The summed E-state index contributed by atoms with van der Waals surface area (Å²) in [4.78, 5) is 20.0. The van der Waals surface area contributed by atoms with Gasteiger partial charge in [-0.1, -0.05) is 42.5 Å². The van der Waals surface area contributed by atoms with E-state index in [1.165, 1.54) is 0 Å². The van der Waals surface area contributed by atoms with E-state index in [-0.39, 0.29) is 0 Å². The molecule has 1 aromatic heterocycles. The van der Waals surface area contributed by atoms with Crippen molar-refractivity contribution in [3.05, 3.63) is 90.1 Å². The van der Waals surface area contributed by atoms with Crippen molar-refractivity contribution in [3.63, 3.8) is 0 Å². The van der Waals surface area contributed by atoms with Crippen LogP contribution in [0.3, 0.4) is 0 Å². The smallest absolute Gasteiger partial charge is 0.325 e. The first kappa shape index (κ1) is 22.8. The first-order valence-electron chi connectivity index (χ1n) is 11.8. The number of hydrogen-bond donors (Lipinski definition) is 2. The van der Waals surface area contributed by atoms with Gasteiger partial charge in [-0.05, 0) is 35.9 Å². The van der Waals surface area contributed by atoms with E-state index in [0.717, 1.165) is 46.6 Å². The number of nitrogens with one attached hydrogen (secondary N) is 1. The van der Waals surface area contributed by atoms with E-state index in [2.05, 4.69) is 9.88 Å². The van der Waals surface area contributed by atoms with Crippen LogP contribution >= 0.6 is 0 Å². The second-order valence-electron chi connectivity index (χ2n) is 8.66. The number of fused-ring (bicyclic) bond motifs is 1. The number of para-hydroxylation sites is 2. The molecule has 1 atom stereocenters. The summed E-state index contributed by atoms with van der Waals surface area (Å²) in [7, 11) is 1.67. The standard InChI is InChI=1S/C28H29N3O4/c1-34-26-10-6-5-9-25(26)30-13-15-31(16-14-30)27(28(32)33)23-18-29-24-12-11-21(17-22(23)24)35-19-20-7-3-2-4-8-20/h2-12,17-18,27,29H,13-16,19H2,1H3,(H,32,33)/t27-/m1/s1. The van der Waals surface area contributed by atoms with Gasteiger partial charge in [-0.3, -0.25) is 9.69 Å². The van der Waals surface area contributed by atoms with Gasteiger partial charge in [0.15, 0.2) is 0 Å². The second-order valence-corrected chi connectivity index (χ2v) is 8.66. The summed E-state index contributed by atoms with van der Waals surface area (Å²) in [5.74, 6) is 0.690. The molecule has 7 heteroatoms. The Morgan fingerprint density at radius 1 is 1.00 bits per heavy atom. The Hall–Kier alpha value is -3.97. The van der Waals surface area contributed by atoms with E-state index in [0.29, 0.717) is 25.4 Å². The molecule has 1 fully saturated rings. The molecule has 7 nitrogen and oxygen atoms in total. The number of hydrogen-bond acceptors (Lipinski definition) is 5. The molecule has 4 aromatic rings. The predicted molar refractivity (Wildman–Crippen MR) is 136 cm³/mol. The molecule has 0 saturated carbocycles. The van der Waals surface area contributed by atoms with Crippen LogP contribution < -0.4 is 14.4 Å². The number of carboxylic acid groups (broad SMARTS) is 1. The maximum atomic E-state index is 12.5. The van der Waals surface area contributed by atoms with Crippen LogP contribution in [0, 0.1) is 0 Å². The topological polar surface area (TPSA) is 78.0 Å². The van der Waals surface area contributed by atoms with Crippen molar-refractivity contribution in [2.75, 3.05) is 38.2 Å². The number of aromatic amines is 1. The van der Waals surface area contributed by atoms with E-state index < -0.39 is 12.0 Å². The Morgan fingerprint density at radius 2 is 1.74 bits per heavy atom. The van der Waals surface area contributed by atoms with Gasteiger partial charge in [0, 0.05) is 48.8 Å². The molecule has 1 aliphatic rings. The highest BCUT2D eigenvalue weighted by atomic mass is 16.5. The molecule has 1 aliphatic heterocycles. The molecule has 35 heavy (non-hydrogen) atoms. The largest absolute Gasteiger partial charge is 0.495 e. The number of carbonyl (C=O) groups is 1. The van der Waals surface area contributed by atoms with E-state index in [9.17, 15) is 9.90 Å². The summed E-state index contributed by atoms with van der Waals surface area (Å²) in [5.41, 5.74) is 3.77. The van der Waals surface area contributed by atoms with Gasteiger partial charge >= 0.3 is 5.97 Å². The molecular formula is C28H29N3O4. The third kappa shape index (κ3) is 4.81. The minimum atomic E-state index is -0.854. The fourth-order valence-corrected chi connectivity index (χ4v) is 4.78. The number of nitrogens with zero attached hydrogens (tertiary/aromatic N) is 2. The Labute approximate surface area is 204 Å². The molecule has 0 spiro atoms. The van der Waals surface area contributed by atoms with Crippen molar-refractivity contribution in [3.8, 4) is 11.5 Å². The normalized spacial score (nSPS) is 15.2. The monoisotopic (exact) mass is 471 g/mol. The van der Waals surface area contributed by atoms with Gasteiger partial charge in [-0.2, -0.15) is 0 Å². The Balaban J connectivity index is 1.35. The van der Waals surface area contributed by atoms with Gasteiger partial charge < -0.3 is 24.5 Å². The van der Waals surface area contributed by atoms with E-state index in [1.54, 1.807) is 7.11 Å². The molecule has 180 valence electrons. The minimum Gasteiger partial charge on any atom is -0.495 e. The highest BCUT2D eigenvalue weighted by Gasteiger charge is 2.32. The van der Waals surface area contributed by atoms with Gasteiger partial charge in [0.25, 0.3) is 0 Å². The first-order valence-corrected chi connectivity index (χ1v) is 11.8. The molecule has 5 rings (SSSR count). The Kier molecular flexibility index (Phi) is 6.59. The quantitative estimate of drug-likeness (QED) is 0.388. The zero-order chi connectivity index (χ0) is 24.2. The van der Waals surface area contributed by atoms with Crippen molar-refractivity contribution >= 4 is 22.6 Å². The molecule has 0 unspecified atom stereocenters. The fraction of sp³-hybridized carbons (Fsp3) is 0.250. The minimum absolute atomic E-state index is 0.458. The first-order chi connectivity index (χ1) is 17.1. The van der Waals surface area contributed by atoms with Gasteiger partial charge in [-0.25, -0.2) is 0 Å². The Morgan fingerprint density at radius 3 is 2.49 bits per heavy atom. The third-order valence-corrected chi connectivity index (χ3v) is 6.57. The number of ether oxygens (including phenoxy) is 2. The lowest BCUT2D eigenvalue weighted by Crippen LogP contribution is -2.49. The highest BCUT2D eigenvalue weighted by Crippen LogP contribution is 2.34. The van der Waals surface area contributed by atoms with Crippen LogP contribution in [0.25, 0.3) is 10.9 Å². The lowest BCUT2D eigenvalue weighted by molar-refractivity contribution is -0.143. The summed E-state index contributed by atoms with van der Waals surface area (Å²) >= 11 is 0. The molecular weight excluding hydrogens is 442 g/mol. The highest BCUT2D eigenvalue weighted by molar-refractivity contribution is 5.90. The van der Waals surface area contributed by atoms with Gasteiger partial charge in [-0.15, -0.1) is 0 Å². The maximum absolute atomic E-state index is 12.5. The van der Waals surface area contributed by atoms with Crippen LogP contribution in [-0.4, -0.2) is 54.2 Å². The molecule has 0 radical (unpaired) electrons. The van der Waals surface area contributed by atoms with Crippen molar-refractivity contribution in [2.24, 2.45) is 0 Å². The average Bonchev–Trinajstić information content (AvgIpc) is 3.31. The molecule has 1 saturated heterocycles. The summed E-state index contributed by atoms with van der Waals surface area (Å²) < 4.78 is 11.5. The van der Waals surface area contributed by atoms with Gasteiger partial charge in [0.1, 0.15) is 24.1 Å². The van der Waals surface area contributed by atoms with Crippen LogP contribution in [0.1, 0.15) is 17.2 Å². The number of methoxy groups -OCH3 is 1. The lowest BCUT2D eigenvalue weighted by Gasteiger charge is -2.39. The van der Waals surface area contributed by atoms with Gasteiger partial charge in [0.2, 0.25) is 0 Å². The molecule has 2 heterocycles. The van der Waals surface area contributed by atoms with Crippen molar-refractivity contribution in [2.45, 2.75) is 12.6 Å². The number of aliphatic carboxylic acids is 1. The number of H-pyrrole nitrogens is 1. The van der Waals surface area contributed by atoms with Crippen LogP contribution in [0.2, 0.25) is 0 Å². The fourth-order valence-electron chi connectivity index (χ4n) is 4.78. The third-order valence-electron chi connectivity index (χ3n) is 6.57. The number of piperazine rings is 1. The molecule has 3 aromatic carbocycles. The Bertz CT molecular complexity index is 1300. The number of anilines is 1. The summed E-state index contributed by atoms with van der Waals surface area (Å²) in [6, 6.07) is 23.0. The SMILES string of the molecule is COc1ccccc1N1CCN([C@@H](C(=O)O)c2c[nH]c3ccc(OCc4ccccc4)cc23)CC1. The lowest BCUT2D eigenvalue weighted by atomic mass is 10.0. The maximum Gasteiger partial charge on any atom is 0.325 e. The molecule has 2 N–H and O–H groups in total. The predicted octanol–water partition coefficient (Wildman–Crippen LogP) is 4.70. The van der Waals surface area contributed by atoms with Crippen LogP contribution in [-0.2, 0) is 11.4 Å². The number of rotatable bonds is 8. The summed E-state index contributed by atoms with van der Waals surface area (Å²) in [6.07, 6.45) is 1.82. The molecule has 0 amide bonds. The van der Waals surface area contributed by atoms with E-state index >= 15 is 0 Å². The van der Waals surface area contributed by atoms with E-state index in [4.69, 9.17) is 9.47 Å². The zero-order valence-electron chi connectivity index (χ0n) is 19.7. The zero-order valence-corrected chi connectivity index (χ0v) is 19.7. The van der Waals surface area contributed by atoms with Crippen molar-refractivity contribution in [1.29, 1.82) is 0 Å². The molecule has 0 aliphatic carbocycles. The van der Waals surface area contributed by atoms with Crippen molar-refractivity contribution in [1.82, 2.24) is 9.88 Å². The van der Waals surface area contributed by atoms with Crippen LogP contribution in [0.15, 0.2) is 79.0 Å². The summed E-state index contributed by atoms with van der Waals surface area (Å²) in [6.45, 7) is 3.16. The number of carboxylic acids is 1. The summed E-state index contributed by atoms with van der Waals surface area (Å²) in [5, 5.41) is 11.1. The molecule has 0 bridgehead atoms. The van der Waals surface area contributed by atoms with E-state index in [1.807, 2.05) is 83.9 Å². The van der Waals surface area contributed by atoms with Gasteiger partial charge in [0.05, 0.1) is 12.8 Å². The average molecular weight is 472 g/mol. The number of aromatic nitrogens is 1. The van der Waals surface area contributed by atoms with Crippen molar-refractivity contribution < 1.29 is 19.4 Å². The number of benzene rings is 3. The van der Waals surface area contributed by atoms with Crippen LogP contribution in [0.5, 0.6) is 11.5 Å². The second kappa shape index (κ2) is 10.1.